The molecule has 1 amide bonds. The minimum absolute atomic E-state index is 0.151. The Morgan fingerprint density at radius 3 is 2.23 bits per heavy atom. The molecule has 0 aliphatic rings. The summed E-state index contributed by atoms with van der Waals surface area (Å²) < 4.78 is 4.78. The van der Waals surface area contributed by atoms with Gasteiger partial charge >= 0.3 is 6.09 Å². The summed E-state index contributed by atoms with van der Waals surface area (Å²) in [6.45, 7) is 1.97. The van der Waals surface area contributed by atoms with Gasteiger partial charge in [-0.1, -0.05) is 23.7 Å². The van der Waals surface area contributed by atoms with Crippen molar-refractivity contribution in [3.8, 4) is 5.75 Å². The highest BCUT2D eigenvalue weighted by molar-refractivity contribution is 6.30. The summed E-state index contributed by atoms with van der Waals surface area (Å²) in [5, 5.41) is 14.1. The SMILES string of the molecule is CCOC(=O)N/N=C(\c1ccc(O)cc1)c1ccc(Cl)cc1. The number of hydrazone groups is 1. The lowest BCUT2D eigenvalue weighted by molar-refractivity contribution is 0.152. The molecule has 2 aromatic carbocycles. The topological polar surface area (TPSA) is 70.9 Å². The van der Waals surface area contributed by atoms with Gasteiger partial charge in [-0.15, -0.1) is 0 Å². The fraction of sp³-hybridized carbons (Fsp3) is 0.125. The van der Waals surface area contributed by atoms with Gasteiger partial charge < -0.3 is 9.84 Å². The number of phenolic OH excluding ortho intramolecular Hbond substituents is 1. The van der Waals surface area contributed by atoms with Gasteiger partial charge in [-0.2, -0.15) is 5.10 Å². The number of nitrogens with zero attached hydrogens (tertiary/aromatic N) is 1. The third-order valence-corrected chi connectivity index (χ3v) is 3.04. The van der Waals surface area contributed by atoms with Gasteiger partial charge in [-0.25, -0.2) is 10.2 Å². The van der Waals surface area contributed by atoms with Crippen molar-refractivity contribution in [1.82, 2.24) is 5.43 Å². The molecule has 0 saturated carbocycles. The number of ether oxygens (including phenoxy) is 1. The molecule has 0 spiro atoms. The van der Waals surface area contributed by atoms with Gasteiger partial charge in [-0.05, 0) is 43.3 Å². The Morgan fingerprint density at radius 1 is 1.14 bits per heavy atom. The summed E-state index contributed by atoms with van der Waals surface area (Å²) in [7, 11) is 0. The smallest absolute Gasteiger partial charge is 0.427 e. The molecule has 2 rings (SSSR count). The summed E-state index contributed by atoms with van der Waals surface area (Å²) in [5.41, 5.74) is 4.38. The highest BCUT2D eigenvalue weighted by Gasteiger charge is 2.09. The van der Waals surface area contributed by atoms with Gasteiger partial charge in [0.15, 0.2) is 0 Å². The van der Waals surface area contributed by atoms with E-state index in [0.29, 0.717) is 10.7 Å². The zero-order chi connectivity index (χ0) is 15.9. The number of benzene rings is 2. The van der Waals surface area contributed by atoms with E-state index in [2.05, 4.69) is 10.5 Å². The first-order valence-corrected chi connectivity index (χ1v) is 7.03. The van der Waals surface area contributed by atoms with Crippen LogP contribution < -0.4 is 5.43 Å². The van der Waals surface area contributed by atoms with Crippen molar-refractivity contribution in [2.24, 2.45) is 5.10 Å². The molecule has 0 saturated heterocycles. The maximum absolute atomic E-state index is 11.4. The Hall–Kier alpha value is -2.53. The third kappa shape index (κ3) is 4.23. The molecular weight excluding hydrogens is 304 g/mol. The van der Waals surface area contributed by atoms with Crippen LogP contribution in [-0.4, -0.2) is 23.5 Å². The second-order valence-electron chi connectivity index (χ2n) is 4.35. The molecule has 0 atom stereocenters. The molecule has 114 valence electrons. The summed E-state index contributed by atoms with van der Waals surface area (Å²) >= 11 is 5.89. The van der Waals surface area contributed by atoms with Crippen LogP contribution in [0.4, 0.5) is 4.79 Å². The number of carbonyl (C=O) groups excluding carboxylic acids is 1. The van der Waals surface area contributed by atoms with E-state index in [9.17, 15) is 9.90 Å². The number of nitrogens with one attached hydrogen (secondary N) is 1. The Kier molecular flexibility index (Phi) is 5.38. The van der Waals surface area contributed by atoms with Gasteiger partial charge in [0, 0.05) is 16.1 Å². The van der Waals surface area contributed by atoms with Crippen LogP contribution in [0.3, 0.4) is 0 Å². The predicted molar refractivity (Wildman–Crippen MR) is 85.4 cm³/mol. The van der Waals surface area contributed by atoms with Crippen molar-refractivity contribution in [3.63, 3.8) is 0 Å². The largest absolute Gasteiger partial charge is 0.508 e. The molecule has 22 heavy (non-hydrogen) atoms. The average Bonchev–Trinajstić information content (AvgIpc) is 2.51. The fourth-order valence-electron chi connectivity index (χ4n) is 1.79. The van der Waals surface area contributed by atoms with E-state index in [4.69, 9.17) is 16.3 Å². The van der Waals surface area contributed by atoms with Crippen LogP contribution in [0.25, 0.3) is 0 Å². The fourth-order valence-corrected chi connectivity index (χ4v) is 1.91. The normalized spacial score (nSPS) is 11.1. The summed E-state index contributed by atoms with van der Waals surface area (Å²) in [6, 6.07) is 13.6. The first-order chi connectivity index (χ1) is 10.6. The van der Waals surface area contributed by atoms with E-state index in [1.54, 1.807) is 55.5 Å². The Morgan fingerprint density at radius 2 is 1.68 bits per heavy atom. The molecule has 2 N–H and O–H groups in total. The number of hydrogen-bond acceptors (Lipinski definition) is 4. The highest BCUT2D eigenvalue weighted by atomic mass is 35.5. The van der Waals surface area contributed by atoms with E-state index >= 15 is 0 Å². The second kappa shape index (κ2) is 7.47. The van der Waals surface area contributed by atoms with Gasteiger partial charge in [-0.3, -0.25) is 0 Å². The molecule has 0 aromatic heterocycles. The monoisotopic (exact) mass is 318 g/mol. The van der Waals surface area contributed by atoms with E-state index in [1.165, 1.54) is 0 Å². The minimum Gasteiger partial charge on any atom is -0.508 e. The van der Waals surface area contributed by atoms with Crippen molar-refractivity contribution < 1.29 is 14.6 Å². The molecule has 0 radical (unpaired) electrons. The Balaban J connectivity index is 2.35. The molecule has 2 aromatic rings. The van der Waals surface area contributed by atoms with Crippen LogP contribution in [0.1, 0.15) is 18.1 Å². The van der Waals surface area contributed by atoms with Crippen molar-refractivity contribution in [2.75, 3.05) is 6.61 Å². The summed E-state index contributed by atoms with van der Waals surface area (Å²) in [6.07, 6.45) is -0.632. The molecular formula is C16H15ClN2O3. The van der Waals surface area contributed by atoms with Crippen molar-refractivity contribution in [1.29, 1.82) is 0 Å². The molecule has 0 heterocycles. The zero-order valence-corrected chi connectivity index (χ0v) is 12.7. The van der Waals surface area contributed by atoms with Crippen molar-refractivity contribution in [2.45, 2.75) is 6.92 Å². The maximum atomic E-state index is 11.4. The van der Waals surface area contributed by atoms with Gasteiger partial charge in [0.05, 0.1) is 12.3 Å². The number of aromatic hydroxyl groups is 1. The van der Waals surface area contributed by atoms with Crippen LogP contribution >= 0.6 is 11.6 Å². The number of hydrogen-bond donors (Lipinski definition) is 2. The molecule has 0 unspecified atom stereocenters. The molecule has 6 heteroatoms. The standard InChI is InChI=1S/C16H15ClN2O3/c1-2-22-16(21)19-18-15(11-3-7-13(17)8-4-11)12-5-9-14(20)10-6-12/h3-10,20H,2H2,1H3,(H,19,21)/b18-15-. The molecule has 5 nitrogen and oxygen atoms in total. The van der Waals surface area contributed by atoms with Crippen LogP contribution in [0, 0.1) is 0 Å². The zero-order valence-electron chi connectivity index (χ0n) is 11.9. The van der Waals surface area contributed by atoms with Crippen LogP contribution in [-0.2, 0) is 4.74 Å². The van der Waals surface area contributed by atoms with Crippen LogP contribution in [0.2, 0.25) is 5.02 Å². The third-order valence-electron chi connectivity index (χ3n) is 2.79. The van der Waals surface area contributed by atoms with Crippen molar-refractivity contribution >= 4 is 23.4 Å². The van der Waals surface area contributed by atoms with E-state index in [-0.39, 0.29) is 12.4 Å². The minimum atomic E-state index is -0.632. The number of halogens is 1. The number of rotatable bonds is 4. The first-order valence-electron chi connectivity index (χ1n) is 6.66. The lowest BCUT2D eigenvalue weighted by Crippen LogP contribution is -2.21. The quantitative estimate of drug-likeness (QED) is 0.669. The average molecular weight is 319 g/mol. The van der Waals surface area contributed by atoms with E-state index in [0.717, 1.165) is 11.1 Å². The number of carbonyl (C=O) groups is 1. The predicted octanol–water partition coefficient (Wildman–Crippen LogP) is 3.54. The van der Waals surface area contributed by atoms with Gasteiger partial charge in [0.2, 0.25) is 0 Å². The lowest BCUT2D eigenvalue weighted by atomic mass is 10.0. The van der Waals surface area contributed by atoms with Gasteiger partial charge in [0.1, 0.15) is 5.75 Å². The highest BCUT2D eigenvalue weighted by Crippen LogP contribution is 2.17. The molecule has 0 aliphatic carbocycles. The lowest BCUT2D eigenvalue weighted by Gasteiger charge is -2.08. The van der Waals surface area contributed by atoms with E-state index < -0.39 is 6.09 Å². The second-order valence-corrected chi connectivity index (χ2v) is 4.78. The number of amides is 1. The summed E-state index contributed by atoms with van der Waals surface area (Å²) in [4.78, 5) is 11.4. The summed E-state index contributed by atoms with van der Waals surface area (Å²) in [5.74, 6) is 0.151. The maximum Gasteiger partial charge on any atom is 0.427 e. The Bertz CT molecular complexity index is 619. The van der Waals surface area contributed by atoms with Crippen LogP contribution in [0.5, 0.6) is 5.75 Å². The molecule has 0 bridgehead atoms. The Labute approximate surface area is 133 Å². The van der Waals surface area contributed by atoms with E-state index in [1.807, 2.05) is 0 Å². The van der Waals surface area contributed by atoms with Crippen LogP contribution in [0.15, 0.2) is 53.6 Å². The van der Waals surface area contributed by atoms with Gasteiger partial charge in [0.25, 0.3) is 0 Å². The molecule has 0 aliphatic heterocycles. The molecule has 0 fully saturated rings. The van der Waals surface area contributed by atoms with Crippen molar-refractivity contribution in [3.05, 3.63) is 64.7 Å². The first kappa shape index (κ1) is 15.9. The number of phenols is 1.